The number of anilines is 1. The first-order valence-corrected chi connectivity index (χ1v) is 8.65. The van der Waals surface area contributed by atoms with Crippen molar-refractivity contribution in [3.63, 3.8) is 0 Å². The van der Waals surface area contributed by atoms with Crippen LogP contribution in [-0.4, -0.2) is 37.3 Å². The predicted octanol–water partition coefficient (Wildman–Crippen LogP) is 2.11. The van der Waals surface area contributed by atoms with Crippen molar-refractivity contribution in [1.29, 1.82) is 0 Å². The fraction of sp³-hybridized carbons (Fsp3) is 0.312. The van der Waals surface area contributed by atoms with Crippen molar-refractivity contribution in [3.05, 3.63) is 54.4 Å². The summed E-state index contributed by atoms with van der Waals surface area (Å²) in [5.74, 6) is 0. The third-order valence-corrected chi connectivity index (χ3v) is 5.94. The van der Waals surface area contributed by atoms with Crippen LogP contribution in [0.25, 0.3) is 0 Å². The first kappa shape index (κ1) is 15.0. The van der Waals surface area contributed by atoms with Gasteiger partial charge in [-0.1, -0.05) is 18.2 Å². The van der Waals surface area contributed by atoms with Crippen LogP contribution in [0.15, 0.2) is 53.7 Å². The molecule has 1 atom stereocenters. The van der Waals surface area contributed by atoms with E-state index < -0.39 is 10.0 Å². The highest BCUT2D eigenvalue weighted by Crippen LogP contribution is 2.29. The Kier molecular flexibility index (Phi) is 3.88. The minimum Gasteiger partial charge on any atom is -0.373 e. The number of rotatable bonds is 2. The zero-order chi connectivity index (χ0) is 15.7. The highest BCUT2D eigenvalue weighted by Gasteiger charge is 2.33. The molecule has 116 valence electrons. The summed E-state index contributed by atoms with van der Waals surface area (Å²) in [6.45, 7) is 2.96. The van der Waals surface area contributed by atoms with Crippen LogP contribution >= 0.6 is 0 Å². The van der Waals surface area contributed by atoms with Gasteiger partial charge in [0.25, 0.3) is 0 Å². The molecule has 1 aliphatic heterocycles. The number of likely N-dealkylation sites (N-methyl/N-ethyl adjacent to an activating group) is 1. The number of hydrogen-bond donors (Lipinski definition) is 0. The average molecular weight is 317 g/mol. The molecule has 0 spiro atoms. The number of aromatic nitrogens is 1. The molecule has 1 unspecified atom stereocenters. The Morgan fingerprint density at radius 3 is 2.68 bits per heavy atom. The van der Waals surface area contributed by atoms with Crippen molar-refractivity contribution in [2.45, 2.75) is 24.4 Å². The summed E-state index contributed by atoms with van der Waals surface area (Å²) in [5, 5.41) is 0. The molecule has 0 N–H and O–H groups in total. The molecule has 0 bridgehead atoms. The summed E-state index contributed by atoms with van der Waals surface area (Å²) >= 11 is 0. The van der Waals surface area contributed by atoms with Crippen LogP contribution in [0, 0.1) is 0 Å². The maximum Gasteiger partial charge on any atom is 0.245 e. The number of sulfonamides is 1. The summed E-state index contributed by atoms with van der Waals surface area (Å²) in [6.07, 6.45) is 2.98. The molecular weight excluding hydrogens is 298 g/mol. The van der Waals surface area contributed by atoms with E-state index in [0.29, 0.717) is 13.1 Å². The zero-order valence-corrected chi connectivity index (χ0v) is 13.5. The van der Waals surface area contributed by atoms with Crippen molar-refractivity contribution in [2.24, 2.45) is 0 Å². The quantitative estimate of drug-likeness (QED) is 0.851. The summed E-state index contributed by atoms with van der Waals surface area (Å²) in [4.78, 5) is 6.29. The number of fused-ring (bicyclic) bond motifs is 1. The van der Waals surface area contributed by atoms with Crippen molar-refractivity contribution in [1.82, 2.24) is 9.29 Å². The third kappa shape index (κ3) is 2.60. The molecule has 2 aromatic rings. The minimum absolute atomic E-state index is 0.123. The van der Waals surface area contributed by atoms with E-state index in [1.54, 1.807) is 22.6 Å². The molecule has 3 rings (SSSR count). The lowest BCUT2D eigenvalue weighted by Gasteiger charge is -2.27. The monoisotopic (exact) mass is 317 g/mol. The van der Waals surface area contributed by atoms with E-state index in [4.69, 9.17) is 0 Å². The number of benzene rings is 1. The Morgan fingerprint density at radius 1 is 1.18 bits per heavy atom. The summed E-state index contributed by atoms with van der Waals surface area (Å²) in [6, 6.07) is 11.0. The Balaban J connectivity index is 2.04. The SMILES string of the molecule is CC1CN(C)c2ccccc2CN1S(=O)(=O)c1cccnc1. The van der Waals surface area contributed by atoms with Gasteiger partial charge < -0.3 is 4.90 Å². The van der Waals surface area contributed by atoms with Crippen molar-refractivity contribution >= 4 is 15.7 Å². The van der Waals surface area contributed by atoms with Crippen LogP contribution in [0.4, 0.5) is 5.69 Å². The number of para-hydroxylation sites is 1. The van der Waals surface area contributed by atoms with Gasteiger partial charge in [-0.05, 0) is 30.7 Å². The molecule has 2 heterocycles. The molecule has 6 heteroatoms. The van der Waals surface area contributed by atoms with Gasteiger partial charge in [0.15, 0.2) is 0 Å². The topological polar surface area (TPSA) is 53.5 Å². The standard InChI is InChI=1S/C16H19N3O2S/c1-13-11-18(2)16-8-4-3-6-14(16)12-19(13)22(20,21)15-7-5-9-17-10-15/h3-10,13H,11-12H2,1-2H3. The van der Waals surface area contributed by atoms with Crippen LogP contribution < -0.4 is 4.90 Å². The van der Waals surface area contributed by atoms with Crippen molar-refractivity contribution in [2.75, 3.05) is 18.5 Å². The second-order valence-corrected chi connectivity index (χ2v) is 7.49. The average Bonchev–Trinajstić information content (AvgIpc) is 2.65. The summed E-state index contributed by atoms with van der Waals surface area (Å²) < 4.78 is 27.4. The van der Waals surface area contributed by atoms with E-state index in [2.05, 4.69) is 9.88 Å². The summed E-state index contributed by atoms with van der Waals surface area (Å²) in [5.41, 5.74) is 2.10. The van der Waals surface area contributed by atoms with E-state index >= 15 is 0 Å². The van der Waals surface area contributed by atoms with Crippen molar-refractivity contribution < 1.29 is 8.42 Å². The number of nitrogens with zero attached hydrogens (tertiary/aromatic N) is 3. The lowest BCUT2D eigenvalue weighted by molar-refractivity contribution is 0.340. The second-order valence-electron chi connectivity index (χ2n) is 5.60. The number of pyridine rings is 1. The Morgan fingerprint density at radius 2 is 1.95 bits per heavy atom. The smallest absolute Gasteiger partial charge is 0.245 e. The molecule has 0 amide bonds. The van der Waals surface area contributed by atoms with Crippen LogP contribution in [0.3, 0.4) is 0 Å². The van der Waals surface area contributed by atoms with Crippen LogP contribution in [0.2, 0.25) is 0 Å². The van der Waals surface area contributed by atoms with Gasteiger partial charge in [-0.2, -0.15) is 4.31 Å². The van der Waals surface area contributed by atoms with Gasteiger partial charge in [0.1, 0.15) is 4.90 Å². The predicted molar refractivity (Wildman–Crippen MR) is 86.1 cm³/mol. The Bertz CT molecular complexity index is 762. The molecule has 0 aliphatic carbocycles. The third-order valence-electron chi connectivity index (χ3n) is 4.00. The second kappa shape index (κ2) is 5.70. The maximum absolute atomic E-state index is 12.9. The van der Waals surface area contributed by atoms with E-state index in [1.165, 1.54) is 6.20 Å². The first-order valence-electron chi connectivity index (χ1n) is 7.21. The van der Waals surface area contributed by atoms with E-state index in [-0.39, 0.29) is 10.9 Å². The molecular formula is C16H19N3O2S. The van der Waals surface area contributed by atoms with Crippen LogP contribution in [0.5, 0.6) is 0 Å². The van der Waals surface area contributed by atoms with Crippen LogP contribution in [0.1, 0.15) is 12.5 Å². The molecule has 1 aromatic carbocycles. The van der Waals surface area contributed by atoms with E-state index in [9.17, 15) is 8.42 Å². The highest BCUT2D eigenvalue weighted by atomic mass is 32.2. The van der Waals surface area contributed by atoms with Gasteiger partial charge >= 0.3 is 0 Å². The Hall–Kier alpha value is -1.92. The Labute approximate surface area is 131 Å². The number of hydrogen-bond acceptors (Lipinski definition) is 4. The lowest BCUT2D eigenvalue weighted by atomic mass is 10.1. The maximum atomic E-state index is 12.9. The zero-order valence-electron chi connectivity index (χ0n) is 12.7. The van der Waals surface area contributed by atoms with Crippen LogP contribution in [-0.2, 0) is 16.6 Å². The fourth-order valence-corrected chi connectivity index (χ4v) is 4.45. The summed E-state index contributed by atoms with van der Waals surface area (Å²) in [7, 11) is -1.56. The molecule has 0 radical (unpaired) electrons. The molecule has 22 heavy (non-hydrogen) atoms. The van der Waals surface area contributed by atoms with Gasteiger partial charge in [-0.25, -0.2) is 8.42 Å². The molecule has 1 aromatic heterocycles. The fourth-order valence-electron chi connectivity index (χ4n) is 2.88. The van der Waals surface area contributed by atoms with Crippen molar-refractivity contribution in [3.8, 4) is 0 Å². The first-order chi connectivity index (χ1) is 10.5. The molecule has 0 saturated carbocycles. The largest absolute Gasteiger partial charge is 0.373 e. The molecule has 1 aliphatic rings. The van der Waals surface area contributed by atoms with Gasteiger partial charge in [0.05, 0.1) is 0 Å². The van der Waals surface area contributed by atoms with Gasteiger partial charge in [-0.3, -0.25) is 4.98 Å². The molecule has 0 fully saturated rings. The lowest BCUT2D eigenvalue weighted by Crippen LogP contribution is -2.41. The molecule has 0 saturated heterocycles. The van der Waals surface area contributed by atoms with E-state index in [1.807, 2.05) is 38.2 Å². The highest BCUT2D eigenvalue weighted by molar-refractivity contribution is 7.89. The molecule has 5 nitrogen and oxygen atoms in total. The van der Waals surface area contributed by atoms with E-state index in [0.717, 1.165) is 11.3 Å². The van der Waals surface area contributed by atoms with Gasteiger partial charge in [0.2, 0.25) is 10.0 Å². The minimum atomic E-state index is -3.56. The van der Waals surface area contributed by atoms with Gasteiger partial charge in [0, 0.05) is 44.3 Å². The normalized spacial score (nSPS) is 19.5. The van der Waals surface area contributed by atoms with Gasteiger partial charge in [-0.15, -0.1) is 0 Å².